The Morgan fingerprint density at radius 3 is 2.60 bits per heavy atom. The highest BCUT2D eigenvalue weighted by molar-refractivity contribution is 5.43. The second kappa shape index (κ2) is 5.85. The van der Waals surface area contributed by atoms with E-state index in [0.29, 0.717) is 12.1 Å². The van der Waals surface area contributed by atoms with Crippen LogP contribution in [-0.4, -0.2) is 23.6 Å². The van der Waals surface area contributed by atoms with Crippen molar-refractivity contribution < 1.29 is 17.9 Å². The van der Waals surface area contributed by atoms with Crippen molar-refractivity contribution in [3.8, 4) is 0 Å². The Hall–Kier alpha value is -1.85. The molecule has 2 nitrogen and oxygen atoms in total. The molecule has 2 aliphatic heterocycles. The molecule has 4 rings (SSSR count). The van der Waals surface area contributed by atoms with Gasteiger partial charge >= 0.3 is 6.18 Å². The highest BCUT2D eigenvalue weighted by Crippen LogP contribution is 2.47. The van der Waals surface area contributed by atoms with E-state index in [4.69, 9.17) is 4.74 Å². The van der Waals surface area contributed by atoms with Crippen LogP contribution in [0, 0.1) is 0 Å². The van der Waals surface area contributed by atoms with E-state index in [-0.39, 0.29) is 12.5 Å². The summed E-state index contributed by atoms with van der Waals surface area (Å²) in [5.74, 6) is -0.0396. The van der Waals surface area contributed by atoms with Crippen LogP contribution in [0.2, 0.25) is 0 Å². The van der Waals surface area contributed by atoms with Crippen LogP contribution in [0.25, 0.3) is 0 Å². The van der Waals surface area contributed by atoms with Crippen LogP contribution >= 0.6 is 0 Å². The molecule has 1 saturated heterocycles. The maximum Gasteiger partial charge on any atom is 0.416 e. The fourth-order valence-electron chi connectivity index (χ4n) is 4.20. The number of likely N-dealkylation sites (tertiary alicyclic amines) is 1. The van der Waals surface area contributed by atoms with Gasteiger partial charge in [-0.05, 0) is 29.7 Å². The van der Waals surface area contributed by atoms with E-state index in [2.05, 4.69) is 17.0 Å². The van der Waals surface area contributed by atoms with Crippen molar-refractivity contribution in [2.75, 3.05) is 13.1 Å². The van der Waals surface area contributed by atoms with Gasteiger partial charge in [-0.3, -0.25) is 4.90 Å². The molecule has 0 aliphatic carbocycles. The SMILES string of the molecule is C[C@]12CN(Cc3ccccc3)C[C@@H]1c1cccc(C(F)(F)F)c1CO2. The van der Waals surface area contributed by atoms with Gasteiger partial charge in [-0.2, -0.15) is 13.2 Å². The standard InChI is InChI=1S/C20H20F3NO/c1-19-13-24(10-14-6-3-2-4-7-14)11-18(19)15-8-5-9-17(20(21,22)23)16(15)12-25-19/h2-9,18H,10-13H2,1H3/t18-,19+/m1/s1. The summed E-state index contributed by atoms with van der Waals surface area (Å²) in [6.07, 6.45) is -4.34. The summed E-state index contributed by atoms with van der Waals surface area (Å²) in [6.45, 7) is 4.26. The van der Waals surface area contributed by atoms with Gasteiger partial charge in [-0.25, -0.2) is 0 Å². The average Bonchev–Trinajstić information content (AvgIpc) is 2.91. The molecular weight excluding hydrogens is 327 g/mol. The lowest BCUT2D eigenvalue weighted by Crippen LogP contribution is -2.40. The molecule has 2 aromatic carbocycles. The Balaban J connectivity index is 1.64. The summed E-state index contributed by atoms with van der Waals surface area (Å²) in [4.78, 5) is 2.27. The smallest absolute Gasteiger partial charge is 0.369 e. The number of hydrogen-bond acceptors (Lipinski definition) is 2. The Kier molecular flexibility index (Phi) is 3.89. The molecule has 2 atom stereocenters. The number of fused-ring (bicyclic) bond motifs is 3. The van der Waals surface area contributed by atoms with E-state index >= 15 is 0 Å². The number of ether oxygens (including phenoxy) is 1. The maximum atomic E-state index is 13.3. The van der Waals surface area contributed by atoms with Gasteiger partial charge in [0.25, 0.3) is 0 Å². The topological polar surface area (TPSA) is 12.5 Å². The predicted molar refractivity (Wildman–Crippen MR) is 89.1 cm³/mol. The molecule has 0 aromatic heterocycles. The molecule has 0 radical (unpaired) electrons. The molecule has 0 bridgehead atoms. The monoisotopic (exact) mass is 347 g/mol. The quantitative estimate of drug-likeness (QED) is 0.788. The van der Waals surface area contributed by atoms with Crippen molar-refractivity contribution in [3.05, 3.63) is 70.8 Å². The summed E-state index contributed by atoms with van der Waals surface area (Å²) >= 11 is 0. The first kappa shape index (κ1) is 16.6. The molecule has 1 fully saturated rings. The van der Waals surface area contributed by atoms with Crippen LogP contribution in [0.5, 0.6) is 0 Å². The summed E-state index contributed by atoms with van der Waals surface area (Å²) in [5, 5.41) is 0. The molecule has 0 spiro atoms. The van der Waals surface area contributed by atoms with Crippen molar-refractivity contribution in [3.63, 3.8) is 0 Å². The maximum absolute atomic E-state index is 13.3. The van der Waals surface area contributed by atoms with E-state index in [1.54, 1.807) is 0 Å². The predicted octanol–water partition coefficient (Wildman–Crippen LogP) is 4.59. The number of alkyl halides is 3. The Morgan fingerprint density at radius 1 is 1.12 bits per heavy atom. The third kappa shape index (κ3) is 2.96. The fourth-order valence-corrected chi connectivity index (χ4v) is 4.20. The Labute approximate surface area is 145 Å². The number of rotatable bonds is 2. The molecule has 0 amide bonds. The zero-order valence-corrected chi connectivity index (χ0v) is 14.0. The van der Waals surface area contributed by atoms with Crippen LogP contribution in [0.4, 0.5) is 13.2 Å². The molecule has 0 saturated carbocycles. The second-order valence-electron chi connectivity index (χ2n) is 7.18. The average molecular weight is 347 g/mol. The van der Waals surface area contributed by atoms with Crippen LogP contribution < -0.4 is 0 Å². The van der Waals surface area contributed by atoms with E-state index in [9.17, 15) is 13.2 Å². The van der Waals surface area contributed by atoms with Gasteiger partial charge in [0.15, 0.2) is 0 Å². The Bertz CT molecular complexity index is 774. The van der Waals surface area contributed by atoms with Crippen LogP contribution in [0.15, 0.2) is 48.5 Å². The van der Waals surface area contributed by atoms with Gasteiger partial charge in [0.1, 0.15) is 0 Å². The zero-order chi connectivity index (χ0) is 17.7. The molecule has 132 valence electrons. The Morgan fingerprint density at radius 2 is 1.88 bits per heavy atom. The van der Waals surface area contributed by atoms with E-state index in [1.165, 1.54) is 11.6 Å². The van der Waals surface area contributed by atoms with Crippen molar-refractivity contribution >= 4 is 0 Å². The first-order valence-electron chi connectivity index (χ1n) is 8.46. The summed E-state index contributed by atoms with van der Waals surface area (Å²) in [6, 6.07) is 14.6. The fraction of sp³-hybridized carbons (Fsp3) is 0.400. The number of nitrogens with zero attached hydrogens (tertiary/aromatic N) is 1. The second-order valence-corrected chi connectivity index (χ2v) is 7.18. The minimum atomic E-state index is -4.34. The van der Waals surface area contributed by atoms with Gasteiger partial charge in [-0.1, -0.05) is 42.5 Å². The zero-order valence-electron chi connectivity index (χ0n) is 14.0. The normalized spacial score (nSPS) is 26.3. The first-order valence-corrected chi connectivity index (χ1v) is 8.46. The lowest BCUT2D eigenvalue weighted by Gasteiger charge is -2.38. The molecule has 0 N–H and O–H groups in total. The van der Waals surface area contributed by atoms with Crippen molar-refractivity contribution in [2.45, 2.75) is 37.8 Å². The van der Waals surface area contributed by atoms with Crippen LogP contribution in [0.3, 0.4) is 0 Å². The molecule has 2 heterocycles. The molecule has 25 heavy (non-hydrogen) atoms. The first-order chi connectivity index (χ1) is 11.9. The number of halogens is 3. The minimum Gasteiger partial charge on any atom is -0.369 e. The van der Waals surface area contributed by atoms with E-state index in [1.807, 2.05) is 31.2 Å². The summed E-state index contributed by atoms with van der Waals surface area (Å²) < 4.78 is 45.9. The summed E-state index contributed by atoms with van der Waals surface area (Å²) in [5.41, 5.74) is 1.30. The molecule has 0 unspecified atom stereocenters. The van der Waals surface area contributed by atoms with Gasteiger partial charge in [-0.15, -0.1) is 0 Å². The lowest BCUT2D eigenvalue weighted by atomic mass is 9.80. The van der Waals surface area contributed by atoms with Gasteiger partial charge in [0.05, 0.1) is 17.8 Å². The highest BCUT2D eigenvalue weighted by Gasteiger charge is 2.49. The molecule has 5 heteroatoms. The van der Waals surface area contributed by atoms with Gasteiger partial charge in [0.2, 0.25) is 0 Å². The number of benzene rings is 2. The van der Waals surface area contributed by atoms with Gasteiger partial charge in [0, 0.05) is 25.6 Å². The largest absolute Gasteiger partial charge is 0.416 e. The molecule has 2 aliphatic rings. The third-order valence-corrected chi connectivity index (χ3v) is 5.40. The van der Waals surface area contributed by atoms with Crippen molar-refractivity contribution in [2.24, 2.45) is 0 Å². The molecular formula is C20H20F3NO. The molecule has 2 aromatic rings. The summed E-state index contributed by atoms with van der Waals surface area (Å²) in [7, 11) is 0. The highest BCUT2D eigenvalue weighted by atomic mass is 19.4. The number of hydrogen-bond donors (Lipinski definition) is 0. The van der Waals surface area contributed by atoms with Crippen LogP contribution in [-0.2, 0) is 24.1 Å². The van der Waals surface area contributed by atoms with E-state index in [0.717, 1.165) is 24.7 Å². The van der Waals surface area contributed by atoms with Crippen molar-refractivity contribution in [1.82, 2.24) is 4.90 Å². The lowest BCUT2D eigenvalue weighted by molar-refractivity contribution is -0.141. The minimum absolute atomic E-state index is 0.0250. The van der Waals surface area contributed by atoms with E-state index < -0.39 is 17.3 Å². The third-order valence-electron chi connectivity index (χ3n) is 5.40. The van der Waals surface area contributed by atoms with Gasteiger partial charge < -0.3 is 4.74 Å². The van der Waals surface area contributed by atoms with Crippen molar-refractivity contribution in [1.29, 1.82) is 0 Å². The van der Waals surface area contributed by atoms with Crippen LogP contribution in [0.1, 0.15) is 35.1 Å².